The molecule has 0 radical (unpaired) electrons. The molecule has 0 aliphatic carbocycles. The maximum Gasteiger partial charge on any atom is 0.328 e. The van der Waals surface area contributed by atoms with Crippen molar-refractivity contribution < 1.29 is 19.4 Å². The van der Waals surface area contributed by atoms with Crippen molar-refractivity contribution in [3.8, 4) is 11.5 Å². The molecule has 0 fully saturated rings. The molecule has 0 saturated heterocycles. The van der Waals surface area contributed by atoms with Crippen molar-refractivity contribution in [3.63, 3.8) is 0 Å². The molecule has 0 aromatic heterocycles. The first kappa shape index (κ1) is 12.1. The molecule has 1 aromatic rings. The summed E-state index contributed by atoms with van der Waals surface area (Å²) in [6, 6.07) is 3.56. The summed E-state index contributed by atoms with van der Waals surface area (Å²) >= 11 is 0. The fourth-order valence-corrected chi connectivity index (χ4v) is 1.45. The Bertz CT molecular complexity index is 421. The lowest BCUT2D eigenvalue weighted by molar-refractivity contribution is -0.131. The van der Waals surface area contributed by atoms with Gasteiger partial charge in [-0.2, -0.15) is 0 Å². The van der Waals surface area contributed by atoms with Crippen molar-refractivity contribution >= 4 is 12.0 Å². The van der Waals surface area contributed by atoms with Gasteiger partial charge in [-0.1, -0.05) is 0 Å². The van der Waals surface area contributed by atoms with E-state index in [2.05, 4.69) is 0 Å². The first-order chi connectivity index (χ1) is 7.58. The van der Waals surface area contributed by atoms with Crippen molar-refractivity contribution in [2.75, 3.05) is 14.2 Å². The number of hydrogen-bond acceptors (Lipinski definition) is 3. The Morgan fingerprint density at radius 3 is 2.50 bits per heavy atom. The second-order valence-corrected chi connectivity index (χ2v) is 3.24. The van der Waals surface area contributed by atoms with E-state index in [9.17, 15) is 4.79 Å². The predicted molar refractivity (Wildman–Crippen MR) is 61.0 cm³/mol. The summed E-state index contributed by atoms with van der Waals surface area (Å²) in [6.45, 7) is 1.87. The van der Waals surface area contributed by atoms with Gasteiger partial charge in [0.05, 0.1) is 14.2 Å². The summed E-state index contributed by atoms with van der Waals surface area (Å²) in [7, 11) is 3.11. The third-order valence-corrected chi connectivity index (χ3v) is 2.11. The van der Waals surface area contributed by atoms with Crippen LogP contribution in [0.1, 0.15) is 11.1 Å². The van der Waals surface area contributed by atoms with Crippen molar-refractivity contribution in [2.45, 2.75) is 6.92 Å². The molecule has 0 aliphatic rings. The zero-order chi connectivity index (χ0) is 12.1. The normalized spacial score (nSPS) is 10.4. The summed E-state index contributed by atoms with van der Waals surface area (Å²) in [4.78, 5) is 10.4. The summed E-state index contributed by atoms with van der Waals surface area (Å²) in [5, 5.41) is 8.53. The average Bonchev–Trinajstić information content (AvgIpc) is 2.25. The third kappa shape index (κ3) is 2.76. The maximum absolute atomic E-state index is 10.4. The van der Waals surface area contributed by atoms with Gasteiger partial charge in [0.2, 0.25) is 0 Å². The quantitative estimate of drug-likeness (QED) is 0.793. The van der Waals surface area contributed by atoms with Gasteiger partial charge in [-0.05, 0) is 36.3 Å². The second kappa shape index (κ2) is 5.21. The van der Waals surface area contributed by atoms with Gasteiger partial charge in [0.25, 0.3) is 0 Å². The molecule has 0 atom stereocenters. The molecule has 16 heavy (non-hydrogen) atoms. The first-order valence-corrected chi connectivity index (χ1v) is 4.72. The van der Waals surface area contributed by atoms with Gasteiger partial charge >= 0.3 is 5.97 Å². The topological polar surface area (TPSA) is 55.8 Å². The van der Waals surface area contributed by atoms with Gasteiger partial charge < -0.3 is 14.6 Å². The molecular formula is C12H14O4. The van der Waals surface area contributed by atoms with Crippen LogP contribution in [-0.4, -0.2) is 25.3 Å². The minimum absolute atomic E-state index is 0.590. The molecule has 1 aromatic carbocycles. The SMILES string of the molecule is COc1cc(/C=C/C(=O)O)cc(C)c1OC. The largest absolute Gasteiger partial charge is 0.493 e. The van der Waals surface area contributed by atoms with Crippen LogP contribution in [0.3, 0.4) is 0 Å². The van der Waals surface area contributed by atoms with Crippen LogP contribution in [0.4, 0.5) is 0 Å². The molecule has 4 heteroatoms. The van der Waals surface area contributed by atoms with Crippen LogP contribution < -0.4 is 9.47 Å². The Kier molecular flexibility index (Phi) is 3.94. The number of aryl methyl sites for hydroxylation is 1. The van der Waals surface area contributed by atoms with Crippen molar-refractivity contribution in [1.29, 1.82) is 0 Å². The zero-order valence-corrected chi connectivity index (χ0v) is 9.48. The Labute approximate surface area is 94.1 Å². The maximum atomic E-state index is 10.4. The molecule has 0 aliphatic heterocycles. The third-order valence-electron chi connectivity index (χ3n) is 2.11. The fourth-order valence-electron chi connectivity index (χ4n) is 1.45. The van der Waals surface area contributed by atoms with Crippen molar-refractivity contribution in [3.05, 3.63) is 29.3 Å². The highest BCUT2D eigenvalue weighted by Gasteiger charge is 2.07. The van der Waals surface area contributed by atoms with Crippen LogP contribution in [0.5, 0.6) is 11.5 Å². The van der Waals surface area contributed by atoms with Gasteiger partial charge in [-0.25, -0.2) is 4.79 Å². The van der Waals surface area contributed by atoms with Gasteiger partial charge in [0, 0.05) is 6.08 Å². The molecule has 0 unspecified atom stereocenters. The van der Waals surface area contributed by atoms with Gasteiger partial charge in [-0.15, -0.1) is 0 Å². The Morgan fingerprint density at radius 2 is 2.00 bits per heavy atom. The summed E-state index contributed by atoms with van der Waals surface area (Å²) in [5.74, 6) is 0.273. The number of rotatable bonds is 4. The van der Waals surface area contributed by atoms with E-state index in [1.165, 1.54) is 6.08 Å². The monoisotopic (exact) mass is 222 g/mol. The minimum atomic E-state index is -0.979. The summed E-state index contributed by atoms with van der Waals surface area (Å²) in [5.41, 5.74) is 1.66. The summed E-state index contributed by atoms with van der Waals surface area (Å²) in [6.07, 6.45) is 2.60. The molecule has 1 N–H and O–H groups in total. The number of hydrogen-bond donors (Lipinski definition) is 1. The van der Waals surface area contributed by atoms with Gasteiger partial charge in [0.15, 0.2) is 11.5 Å². The lowest BCUT2D eigenvalue weighted by Crippen LogP contribution is -1.94. The highest BCUT2D eigenvalue weighted by atomic mass is 16.5. The predicted octanol–water partition coefficient (Wildman–Crippen LogP) is 2.11. The van der Waals surface area contributed by atoms with E-state index in [0.29, 0.717) is 11.5 Å². The molecule has 86 valence electrons. The molecule has 1 rings (SSSR count). The number of carbonyl (C=O) groups is 1. The first-order valence-electron chi connectivity index (χ1n) is 4.72. The smallest absolute Gasteiger partial charge is 0.328 e. The standard InChI is InChI=1S/C12H14O4/c1-8-6-9(4-5-11(13)14)7-10(15-2)12(8)16-3/h4-7H,1-3H3,(H,13,14)/b5-4+. The van der Waals surface area contributed by atoms with E-state index in [4.69, 9.17) is 14.6 Å². The van der Waals surface area contributed by atoms with E-state index in [0.717, 1.165) is 17.2 Å². The van der Waals surface area contributed by atoms with Crippen LogP contribution >= 0.6 is 0 Å². The second-order valence-electron chi connectivity index (χ2n) is 3.24. The van der Waals surface area contributed by atoms with E-state index in [1.807, 2.05) is 13.0 Å². The van der Waals surface area contributed by atoms with E-state index in [-0.39, 0.29) is 0 Å². The van der Waals surface area contributed by atoms with Crippen LogP contribution in [0.25, 0.3) is 6.08 Å². The van der Waals surface area contributed by atoms with Crippen LogP contribution in [0, 0.1) is 6.92 Å². The number of carboxylic acids is 1. The highest BCUT2D eigenvalue weighted by molar-refractivity contribution is 5.85. The highest BCUT2D eigenvalue weighted by Crippen LogP contribution is 2.32. The Morgan fingerprint density at radius 1 is 1.31 bits per heavy atom. The van der Waals surface area contributed by atoms with Crippen LogP contribution in [0.15, 0.2) is 18.2 Å². The van der Waals surface area contributed by atoms with Gasteiger partial charge in [-0.3, -0.25) is 0 Å². The lowest BCUT2D eigenvalue weighted by Gasteiger charge is -2.11. The number of carboxylic acid groups (broad SMARTS) is 1. The van der Waals surface area contributed by atoms with E-state index < -0.39 is 5.97 Å². The molecule has 0 spiro atoms. The molecule has 0 bridgehead atoms. The average molecular weight is 222 g/mol. The molecular weight excluding hydrogens is 208 g/mol. The van der Waals surface area contributed by atoms with Crippen molar-refractivity contribution in [1.82, 2.24) is 0 Å². The van der Waals surface area contributed by atoms with Crippen LogP contribution in [-0.2, 0) is 4.79 Å². The molecule has 0 amide bonds. The summed E-state index contributed by atoms with van der Waals surface area (Å²) < 4.78 is 10.3. The molecule has 0 saturated carbocycles. The number of methoxy groups -OCH3 is 2. The van der Waals surface area contributed by atoms with Gasteiger partial charge in [0.1, 0.15) is 0 Å². The molecule has 0 heterocycles. The number of aliphatic carboxylic acids is 1. The minimum Gasteiger partial charge on any atom is -0.493 e. The molecule has 4 nitrogen and oxygen atoms in total. The fraction of sp³-hybridized carbons (Fsp3) is 0.250. The number of ether oxygens (including phenoxy) is 2. The Balaban J connectivity index is 3.15. The van der Waals surface area contributed by atoms with Crippen LogP contribution in [0.2, 0.25) is 0 Å². The van der Waals surface area contributed by atoms with E-state index in [1.54, 1.807) is 20.3 Å². The van der Waals surface area contributed by atoms with E-state index >= 15 is 0 Å². The lowest BCUT2D eigenvalue weighted by atomic mass is 10.1. The zero-order valence-electron chi connectivity index (χ0n) is 9.48. The van der Waals surface area contributed by atoms with Crippen molar-refractivity contribution in [2.24, 2.45) is 0 Å². The Hall–Kier alpha value is -1.97. The number of benzene rings is 1.